The number of rotatable bonds is 3. The van der Waals surface area contributed by atoms with E-state index in [1.54, 1.807) is 6.07 Å². The molecule has 0 saturated heterocycles. The maximum Gasteiger partial charge on any atom is 0.309 e. The quantitative estimate of drug-likeness (QED) is 0.863. The summed E-state index contributed by atoms with van der Waals surface area (Å²) in [6, 6.07) is 4.02. The predicted molar refractivity (Wildman–Crippen MR) is 61.4 cm³/mol. The van der Waals surface area contributed by atoms with Gasteiger partial charge in [-0.2, -0.15) is 0 Å². The summed E-state index contributed by atoms with van der Waals surface area (Å²) in [5.41, 5.74) is 0.952. The number of hydrogen-bond acceptors (Lipinski definition) is 3. The Morgan fingerprint density at radius 2 is 2.33 bits per heavy atom. The maximum atomic E-state index is 13.2. The van der Waals surface area contributed by atoms with Crippen LogP contribution < -0.4 is 0 Å². The first-order valence-corrected chi connectivity index (χ1v) is 5.85. The van der Waals surface area contributed by atoms with E-state index in [0.717, 1.165) is 11.6 Å². The zero-order valence-corrected chi connectivity index (χ0v) is 10.0. The highest BCUT2D eigenvalue weighted by atomic mass is 19.1. The van der Waals surface area contributed by atoms with Crippen molar-refractivity contribution in [2.24, 2.45) is 0 Å². The lowest BCUT2D eigenvalue weighted by Gasteiger charge is -2.37. The summed E-state index contributed by atoms with van der Waals surface area (Å²) < 4.78 is 18.7. The van der Waals surface area contributed by atoms with E-state index in [4.69, 9.17) is 9.84 Å². The van der Waals surface area contributed by atoms with Gasteiger partial charge < -0.3 is 14.9 Å². The predicted octanol–water partition coefficient (Wildman–Crippen LogP) is 1.80. The van der Waals surface area contributed by atoms with Gasteiger partial charge in [0.05, 0.1) is 6.10 Å². The van der Waals surface area contributed by atoms with Crippen LogP contribution in [0.3, 0.4) is 0 Å². The molecule has 1 heterocycles. The molecule has 0 saturated carbocycles. The zero-order chi connectivity index (χ0) is 13.3. The zero-order valence-electron chi connectivity index (χ0n) is 10.0. The van der Waals surface area contributed by atoms with Crippen LogP contribution in [0.4, 0.5) is 4.39 Å². The van der Waals surface area contributed by atoms with Crippen molar-refractivity contribution >= 4 is 5.97 Å². The molecular weight excluding hydrogens is 239 g/mol. The van der Waals surface area contributed by atoms with Crippen LogP contribution in [0, 0.1) is 5.82 Å². The molecule has 4 nitrogen and oxygen atoms in total. The first kappa shape index (κ1) is 13.0. The molecule has 5 heteroatoms. The topological polar surface area (TPSA) is 66.8 Å². The van der Waals surface area contributed by atoms with Crippen LogP contribution in [0.5, 0.6) is 0 Å². The number of aliphatic carboxylic acids is 1. The Labute approximate surface area is 104 Å². The van der Waals surface area contributed by atoms with E-state index in [1.165, 1.54) is 6.07 Å². The SMILES string of the molecule is CC[C@@H]1Cc2ccc(F)cc2C(O)(CC(=O)O)O1. The van der Waals surface area contributed by atoms with Crippen molar-refractivity contribution in [3.63, 3.8) is 0 Å². The van der Waals surface area contributed by atoms with Gasteiger partial charge in [-0.25, -0.2) is 4.39 Å². The number of hydrogen-bond donors (Lipinski definition) is 2. The standard InChI is InChI=1S/C13H15FO4/c1-2-10-5-8-3-4-9(14)6-11(8)13(17,18-10)7-12(15)16/h3-4,6,10,17H,2,5,7H2,1H3,(H,15,16)/t10-,13?/m1/s1. The van der Waals surface area contributed by atoms with Crippen LogP contribution in [-0.2, 0) is 21.7 Å². The fourth-order valence-electron chi connectivity index (χ4n) is 2.29. The van der Waals surface area contributed by atoms with Gasteiger partial charge in [-0.3, -0.25) is 4.79 Å². The van der Waals surface area contributed by atoms with Gasteiger partial charge in [0.2, 0.25) is 5.79 Å². The highest BCUT2D eigenvalue weighted by molar-refractivity contribution is 5.68. The van der Waals surface area contributed by atoms with Crippen LogP contribution in [-0.4, -0.2) is 22.3 Å². The highest BCUT2D eigenvalue weighted by Crippen LogP contribution is 2.37. The van der Waals surface area contributed by atoms with Gasteiger partial charge in [0, 0.05) is 5.56 Å². The highest BCUT2D eigenvalue weighted by Gasteiger charge is 2.41. The monoisotopic (exact) mass is 254 g/mol. The minimum absolute atomic E-state index is 0.217. The summed E-state index contributed by atoms with van der Waals surface area (Å²) in [5.74, 6) is -3.65. The molecular formula is C13H15FO4. The lowest BCUT2D eigenvalue weighted by Crippen LogP contribution is -2.42. The summed E-state index contributed by atoms with van der Waals surface area (Å²) >= 11 is 0. The molecule has 2 N–H and O–H groups in total. The Kier molecular flexibility index (Phi) is 3.36. The third-order valence-corrected chi connectivity index (χ3v) is 3.15. The van der Waals surface area contributed by atoms with Gasteiger partial charge >= 0.3 is 5.97 Å². The van der Waals surface area contributed by atoms with Gasteiger partial charge in [0.1, 0.15) is 12.2 Å². The number of fused-ring (bicyclic) bond motifs is 1. The van der Waals surface area contributed by atoms with Crippen LogP contribution in [0.2, 0.25) is 0 Å². The minimum atomic E-state index is -1.94. The van der Waals surface area contributed by atoms with Crippen LogP contribution in [0.1, 0.15) is 30.9 Å². The van der Waals surface area contributed by atoms with Gasteiger partial charge in [-0.15, -0.1) is 0 Å². The molecule has 0 aromatic heterocycles. The van der Waals surface area contributed by atoms with Gasteiger partial charge in [-0.05, 0) is 30.5 Å². The second-order valence-electron chi connectivity index (χ2n) is 4.51. The van der Waals surface area contributed by atoms with Gasteiger partial charge in [0.25, 0.3) is 0 Å². The molecule has 1 aliphatic heterocycles. The number of benzene rings is 1. The normalized spacial score (nSPS) is 26.7. The number of carboxylic acids is 1. The largest absolute Gasteiger partial charge is 0.481 e. The van der Waals surface area contributed by atoms with Crippen molar-refractivity contribution in [1.29, 1.82) is 0 Å². The third-order valence-electron chi connectivity index (χ3n) is 3.15. The molecule has 2 atom stereocenters. The number of aliphatic hydroxyl groups is 1. The van der Waals surface area contributed by atoms with Crippen LogP contribution in [0.25, 0.3) is 0 Å². The fraction of sp³-hybridized carbons (Fsp3) is 0.462. The molecule has 1 aliphatic rings. The number of carbonyl (C=O) groups is 1. The summed E-state index contributed by atoms with van der Waals surface area (Å²) in [4.78, 5) is 10.8. The second kappa shape index (κ2) is 4.66. The average molecular weight is 254 g/mol. The van der Waals surface area contributed by atoms with E-state index in [-0.39, 0.29) is 11.7 Å². The molecule has 0 radical (unpaired) electrons. The molecule has 0 spiro atoms. The molecule has 2 rings (SSSR count). The van der Waals surface area contributed by atoms with Crippen molar-refractivity contribution in [2.45, 2.75) is 38.1 Å². The first-order chi connectivity index (χ1) is 8.44. The average Bonchev–Trinajstić information content (AvgIpc) is 2.28. The van der Waals surface area contributed by atoms with Crippen molar-refractivity contribution in [1.82, 2.24) is 0 Å². The Balaban J connectivity index is 2.46. The van der Waals surface area contributed by atoms with Crippen molar-refractivity contribution < 1.29 is 24.1 Å². The lowest BCUT2D eigenvalue weighted by atomic mass is 9.89. The number of halogens is 1. The molecule has 0 bridgehead atoms. The summed E-state index contributed by atoms with van der Waals surface area (Å²) in [6.45, 7) is 1.89. The second-order valence-corrected chi connectivity index (χ2v) is 4.51. The number of carboxylic acid groups (broad SMARTS) is 1. The van der Waals surface area contributed by atoms with Crippen LogP contribution in [0.15, 0.2) is 18.2 Å². The third kappa shape index (κ3) is 2.37. The summed E-state index contributed by atoms with van der Waals surface area (Å²) in [6.07, 6.45) is 0.347. The van der Waals surface area contributed by atoms with Crippen molar-refractivity contribution in [2.75, 3.05) is 0 Å². The Morgan fingerprint density at radius 3 is 2.94 bits per heavy atom. The molecule has 1 unspecified atom stereocenters. The van der Waals surface area contributed by atoms with E-state index < -0.39 is 24.0 Å². The van der Waals surface area contributed by atoms with Gasteiger partial charge in [0.15, 0.2) is 0 Å². The molecule has 0 fully saturated rings. The first-order valence-electron chi connectivity index (χ1n) is 5.85. The number of ether oxygens (including phenoxy) is 1. The molecule has 98 valence electrons. The Morgan fingerprint density at radius 1 is 1.61 bits per heavy atom. The van der Waals surface area contributed by atoms with Gasteiger partial charge in [-0.1, -0.05) is 13.0 Å². The Hall–Kier alpha value is -1.46. The Bertz CT molecular complexity index is 474. The molecule has 0 aliphatic carbocycles. The molecule has 18 heavy (non-hydrogen) atoms. The van der Waals surface area contributed by atoms with Crippen LogP contribution >= 0.6 is 0 Å². The fourth-order valence-corrected chi connectivity index (χ4v) is 2.29. The van der Waals surface area contributed by atoms with E-state index >= 15 is 0 Å². The summed E-state index contributed by atoms with van der Waals surface area (Å²) in [5, 5.41) is 19.2. The minimum Gasteiger partial charge on any atom is -0.481 e. The molecule has 0 amide bonds. The molecule has 1 aromatic carbocycles. The van der Waals surface area contributed by atoms with E-state index in [0.29, 0.717) is 12.8 Å². The van der Waals surface area contributed by atoms with E-state index in [1.807, 2.05) is 6.92 Å². The summed E-state index contributed by atoms with van der Waals surface area (Å²) in [7, 11) is 0. The smallest absolute Gasteiger partial charge is 0.309 e. The van der Waals surface area contributed by atoms with E-state index in [9.17, 15) is 14.3 Å². The van der Waals surface area contributed by atoms with Crippen molar-refractivity contribution in [3.05, 3.63) is 35.1 Å². The van der Waals surface area contributed by atoms with Crippen molar-refractivity contribution in [3.8, 4) is 0 Å². The molecule has 1 aromatic rings. The van der Waals surface area contributed by atoms with E-state index in [2.05, 4.69) is 0 Å². The maximum absolute atomic E-state index is 13.2. The lowest BCUT2D eigenvalue weighted by molar-refractivity contribution is -0.251.